The third-order valence-electron chi connectivity index (χ3n) is 2.70. The number of rotatable bonds is 6. The first-order valence-corrected chi connectivity index (χ1v) is 6.58. The zero-order valence-electron chi connectivity index (χ0n) is 11.2. The summed E-state index contributed by atoms with van der Waals surface area (Å²) in [6.07, 6.45) is 3.18. The highest BCUT2D eigenvalue weighted by Gasteiger charge is 2.05. The quantitative estimate of drug-likeness (QED) is 0.884. The first-order chi connectivity index (χ1) is 9.69. The third kappa shape index (κ3) is 4.08. The minimum absolute atomic E-state index is 0.0613. The minimum Gasteiger partial charge on any atom is -0.472 e. The summed E-state index contributed by atoms with van der Waals surface area (Å²) in [4.78, 5) is 10.2. The van der Waals surface area contributed by atoms with Gasteiger partial charge in [0, 0.05) is 18.6 Å². The van der Waals surface area contributed by atoms with Crippen LogP contribution in [0.3, 0.4) is 0 Å². The monoisotopic (exact) mass is 293 g/mol. The van der Waals surface area contributed by atoms with Gasteiger partial charge in [-0.2, -0.15) is 4.98 Å². The largest absolute Gasteiger partial charge is 0.472 e. The maximum absolute atomic E-state index is 8.91. The molecule has 0 saturated heterocycles. The number of halogens is 1. The van der Waals surface area contributed by atoms with Crippen molar-refractivity contribution in [1.82, 2.24) is 9.97 Å². The molecule has 106 valence electrons. The Bertz CT molecular complexity index is 566. The molecule has 0 saturated carbocycles. The second kappa shape index (κ2) is 7.07. The highest BCUT2D eigenvalue weighted by Crippen LogP contribution is 2.15. The Morgan fingerprint density at radius 3 is 2.95 bits per heavy atom. The molecule has 0 aliphatic carbocycles. The molecular formula is C14H16ClN3O2. The van der Waals surface area contributed by atoms with Gasteiger partial charge in [-0.15, -0.1) is 0 Å². The first-order valence-electron chi connectivity index (χ1n) is 6.20. The van der Waals surface area contributed by atoms with Crippen LogP contribution in [-0.4, -0.2) is 35.3 Å². The van der Waals surface area contributed by atoms with Gasteiger partial charge in [0.2, 0.25) is 5.88 Å². The molecule has 2 rings (SSSR count). The molecule has 0 unspecified atom stereocenters. The van der Waals surface area contributed by atoms with Crippen molar-refractivity contribution in [3.8, 4) is 5.88 Å². The average Bonchev–Trinajstić information content (AvgIpc) is 2.46. The average molecular weight is 294 g/mol. The lowest BCUT2D eigenvalue weighted by molar-refractivity contribution is 0.291. The summed E-state index contributed by atoms with van der Waals surface area (Å²) in [5.74, 6) is 1.09. The Morgan fingerprint density at radius 2 is 2.20 bits per heavy atom. The van der Waals surface area contributed by atoms with Gasteiger partial charge in [0.05, 0.1) is 19.0 Å². The number of anilines is 1. The molecule has 1 aromatic carbocycles. The highest BCUT2D eigenvalue weighted by molar-refractivity contribution is 6.30. The predicted molar refractivity (Wildman–Crippen MR) is 78.2 cm³/mol. The number of benzene rings is 1. The Balaban J connectivity index is 2.01. The number of hydrogen-bond acceptors (Lipinski definition) is 5. The number of ether oxygens (including phenoxy) is 1. The molecule has 5 nitrogen and oxygen atoms in total. The lowest BCUT2D eigenvalue weighted by Gasteiger charge is -2.16. The van der Waals surface area contributed by atoms with Crippen LogP contribution >= 0.6 is 11.6 Å². The number of aliphatic hydroxyl groups excluding tert-OH is 1. The molecule has 0 bridgehead atoms. The van der Waals surface area contributed by atoms with Crippen molar-refractivity contribution in [1.29, 1.82) is 0 Å². The summed E-state index contributed by atoms with van der Waals surface area (Å²) in [6, 6.07) is 7.46. The van der Waals surface area contributed by atoms with Crippen LogP contribution < -0.4 is 9.64 Å². The maximum atomic E-state index is 8.91. The maximum Gasteiger partial charge on any atom is 0.234 e. The van der Waals surface area contributed by atoms with E-state index in [0.29, 0.717) is 29.9 Å². The van der Waals surface area contributed by atoms with E-state index in [4.69, 9.17) is 21.4 Å². The van der Waals surface area contributed by atoms with Crippen LogP contribution in [0, 0.1) is 0 Å². The van der Waals surface area contributed by atoms with Gasteiger partial charge >= 0.3 is 0 Å². The van der Waals surface area contributed by atoms with E-state index in [1.165, 1.54) is 0 Å². The standard InChI is InChI=1S/C14H16ClN3O2/c1-18(5-6-19)13-8-16-9-14(17-13)20-10-11-3-2-4-12(15)7-11/h2-4,7-9,19H,5-6,10H2,1H3. The molecule has 1 N–H and O–H groups in total. The van der Waals surface area contributed by atoms with Crippen LogP contribution in [0.15, 0.2) is 36.7 Å². The van der Waals surface area contributed by atoms with Crippen molar-refractivity contribution < 1.29 is 9.84 Å². The van der Waals surface area contributed by atoms with Gasteiger partial charge in [-0.05, 0) is 17.7 Å². The van der Waals surface area contributed by atoms with Crippen LogP contribution in [0.1, 0.15) is 5.56 Å². The normalized spacial score (nSPS) is 10.3. The van der Waals surface area contributed by atoms with Crippen molar-refractivity contribution in [2.45, 2.75) is 6.61 Å². The van der Waals surface area contributed by atoms with Gasteiger partial charge in [-0.25, -0.2) is 0 Å². The van der Waals surface area contributed by atoms with Gasteiger partial charge in [0.25, 0.3) is 0 Å². The molecular weight excluding hydrogens is 278 g/mol. The Morgan fingerprint density at radius 1 is 1.35 bits per heavy atom. The fraction of sp³-hybridized carbons (Fsp3) is 0.286. The summed E-state index contributed by atoms with van der Waals surface area (Å²) in [5, 5.41) is 9.59. The Hall–Kier alpha value is -1.85. The first kappa shape index (κ1) is 14.6. The summed E-state index contributed by atoms with van der Waals surface area (Å²) < 4.78 is 5.59. The number of hydrogen-bond donors (Lipinski definition) is 1. The van der Waals surface area contributed by atoms with E-state index >= 15 is 0 Å². The van der Waals surface area contributed by atoms with Gasteiger partial charge in [-0.1, -0.05) is 23.7 Å². The lowest BCUT2D eigenvalue weighted by atomic mass is 10.2. The SMILES string of the molecule is CN(CCO)c1cncc(OCc2cccc(Cl)c2)n1. The topological polar surface area (TPSA) is 58.5 Å². The fourth-order valence-corrected chi connectivity index (χ4v) is 1.85. The summed E-state index contributed by atoms with van der Waals surface area (Å²) in [7, 11) is 1.83. The second-order valence-electron chi connectivity index (χ2n) is 4.28. The molecule has 0 spiro atoms. The third-order valence-corrected chi connectivity index (χ3v) is 2.94. The molecule has 1 heterocycles. The van der Waals surface area contributed by atoms with Crippen molar-refractivity contribution >= 4 is 17.4 Å². The Kier molecular flexibility index (Phi) is 5.15. The molecule has 0 amide bonds. The van der Waals surface area contributed by atoms with E-state index in [-0.39, 0.29) is 6.61 Å². The van der Waals surface area contributed by atoms with E-state index in [1.54, 1.807) is 17.3 Å². The molecule has 6 heteroatoms. The Labute approximate surface area is 122 Å². The zero-order valence-corrected chi connectivity index (χ0v) is 11.9. The van der Waals surface area contributed by atoms with E-state index < -0.39 is 0 Å². The lowest BCUT2D eigenvalue weighted by Crippen LogP contribution is -2.22. The summed E-state index contributed by atoms with van der Waals surface area (Å²) in [6.45, 7) is 0.931. The van der Waals surface area contributed by atoms with Crippen molar-refractivity contribution in [3.63, 3.8) is 0 Å². The number of nitrogens with zero attached hydrogens (tertiary/aromatic N) is 3. The molecule has 0 radical (unpaired) electrons. The van der Waals surface area contributed by atoms with Crippen LogP contribution in [0.5, 0.6) is 5.88 Å². The molecule has 0 aliphatic rings. The number of aromatic nitrogens is 2. The fourth-order valence-electron chi connectivity index (χ4n) is 1.64. The smallest absolute Gasteiger partial charge is 0.234 e. The van der Waals surface area contributed by atoms with Gasteiger partial charge < -0.3 is 14.7 Å². The van der Waals surface area contributed by atoms with Crippen molar-refractivity contribution in [3.05, 3.63) is 47.2 Å². The zero-order chi connectivity index (χ0) is 14.4. The van der Waals surface area contributed by atoms with Gasteiger partial charge in [-0.3, -0.25) is 4.98 Å². The van der Waals surface area contributed by atoms with E-state index in [1.807, 2.05) is 31.3 Å². The predicted octanol–water partition coefficient (Wildman–Crippen LogP) is 2.14. The van der Waals surface area contributed by atoms with Crippen molar-refractivity contribution in [2.24, 2.45) is 0 Å². The van der Waals surface area contributed by atoms with Crippen molar-refractivity contribution in [2.75, 3.05) is 25.1 Å². The van der Waals surface area contributed by atoms with Crippen LogP contribution in [0.25, 0.3) is 0 Å². The molecule has 0 fully saturated rings. The van der Waals surface area contributed by atoms with Crippen LogP contribution in [0.2, 0.25) is 5.02 Å². The molecule has 20 heavy (non-hydrogen) atoms. The van der Waals surface area contributed by atoms with E-state index in [2.05, 4.69) is 9.97 Å². The van der Waals surface area contributed by atoms with Gasteiger partial charge in [0.15, 0.2) is 5.82 Å². The van der Waals surface area contributed by atoms with E-state index in [9.17, 15) is 0 Å². The number of aliphatic hydroxyl groups is 1. The van der Waals surface area contributed by atoms with Crippen LogP contribution in [-0.2, 0) is 6.61 Å². The molecule has 0 atom stereocenters. The number of likely N-dealkylation sites (N-methyl/N-ethyl adjacent to an activating group) is 1. The molecule has 0 aliphatic heterocycles. The van der Waals surface area contributed by atoms with E-state index in [0.717, 1.165) is 5.56 Å². The highest BCUT2D eigenvalue weighted by atomic mass is 35.5. The van der Waals surface area contributed by atoms with Gasteiger partial charge in [0.1, 0.15) is 6.61 Å². The summed E-state index contributed by atoms with van der Waals surface area (Å²) >= 11 is 5.91. The molecule has 2 aromatic rings. The van der Waals surface area contributed by atoms with Crippen LogP contribution in [0.4, 0.5) is 5.82 Å². The summed E-state index contributed by atoms with van der Waals surface area (Å²) in [5.41, 5.74) is 0.966. The molecule has 1 aromatic heterocycles. The second-order valence-corrected chi connectivity index (χ2v) is 4.72. The minimum atomic E-state index is 0.0613.